The zero-order valence-electron chi connectivity index (χ0n) is 15.4. The summed E-state index contributed by atoms with van der Waals surface area (Å²) in [4.78, 5) is 16.4. The molecule has 0 aromatic heterocycles. The Morgan fingerprint density at radius 1 is 1.22 bits per heavy atom. The number of rotatable bonds is 7. The van der Waals surface area contributed by atoms with Crippen molar-refractivity contribution in [3.63, 3.8) is 0 Å². The highest BCUT2D eigenvalue weighted by Crippen LogP contribution is 2.29. The summed E-state index contributed by atoms with van der Waals surface area (Å²) in [7, 11) is 0. The van der Waals surface area contributed by atoms with Crippen molar-refractivity contribution in [2.24, 2.45) is 10.4 Å². The molecule has 2 atom stereocenters. The van der Waals surface area contributed by atoms with Crippen molar-refractivity contribution in [3.8, 4) is 0 Å². The van der Waals surface area contributed by atoms with Crippen LogP contribution in [-0.2, 0) is 4.79 Å². The fourth-order valence-corrected chi connectivity index (χ4v) is 3.72. The minimum Gasteiger partial charge on any atom is -0.357 e. The lowest BCUT2D eigenvalue weighted by molar-refractivity contribution is -0.128. The van der Waals surface area contributed by atoms with Crippen LogP contribution < -0.4 is 16.0 Å². The van der Waals surface area contributed by atoms with E-state index >= 15 is 0 Å². The number of hydrogen-bond acceptors (Lipinski definition) is 3. The quantitative estimate of drug-likeness (QED) is 0.378. The van der Waals surface area contributed by atoms with E-state index in [1.807, 2.05) is 20.8 Å². The van der Waals surface area contributed by atoms with Gasteiger partial charge in [-0.3, -0.25) is 9.79 Å². The summed E-state index contributed by atoms with van der Waals surface area (Å²) in [6, 6.07) is 0.515. The van der Waals surface area contributed by atoms with Crippen LogP contribution in [0.25, 0.3) is 0 Å². The van der Waals surface area contributed by atoms with Crippen LogP contribution in [0.2, 0.25) is 0 Å². The molecule has 23 heavy (non-hydrogen) atoms. The monoisotopic (exact) mass is 342 g/mol. The molecule has 3 N–H and O–H groups in total. The minimum atomic E-state index is -0.345. The maximum Gasteiger partial charge on any atom is 0.225 e. The third-order valence-electron chi connectivity index (χ3n) is 3.82. The maximum absolute atomic E-state index is 11.8. The molecule has 0 saturated heterocycles. The second kappa shape index (κ2) is 10.1. The Morgan fingerprint density at radius 2 is 1.96 bits per heavy atom. The van der Waals surface area contributed by atoms with Crippen LogP contribution in [0, 0.1) is 5.41 Å². The molecule has 1 amide bonds. The number of guanidine groups is 1. The van der Waals surface area contributed by atoms with E-state index in [0.29, 0.717) is 19.1 Å². The number of aliphatic imine (C=N–C) groups is 1. The van der Waals surface area contributed by atoms with Gasteiger partial charge < -0.3 is 16.0 Å². The van der Waals surface area contributed by atoms with Gasteiger partial charge in [0, 0.05) is 29.8 Å². The lowest BCUT2D eigenvalue weighted by Gasteiger charge is -2.18. The van der Waals surface area contributed by atoms with E-state index in [1.165, 1.54) is 25.0 Å². The third-order valence-corrected chi connectivity index (χ3v) is 5.05. The van der Waals surface area contributed by atoms with Gasteiger partial charge in [-0.05, 0) is 31.9 Å². The number of nitrogens with one attached hydrogen (secondary N) is 3. The first kappa shape index (κ1) is 20.1. The largest absolute Gasteiger partial charge is 0.357 e. The zero-order chi connectivity index (χ0) is 17.3. The van der Waals surface area contributed by atoms with E-state index in [-0.39, 0.29) is 11.3 Å². The molecule has 2 unspecified atom stereocenters. The first-order chi connectivity index (χ1) is 10.9. The zero-order valence-corrected chi connectivity index (χ0v) is 16.2. The van der Waals surface area contributed by atoms with E-state index in [0.717, 1.165) is 17.8 Å². The predicted octanol–water partition coefficient (Wildman–Crippen LogP) is 2.38. The smallest absolute Gasteiger partial charge is 0.225 e. The van der Waals surface area contributed by atoms with Gasteiger partial charge >= 0.3 is 0 Å². The molecule has 1 aliphatic carbocycles. The minimum absolute atomic E-state index is 0.0703. The molecule has 1 fully saturated rings. The van der Waals surface area contributed by atoms with Gasteiger partial charge in [0.1, 0.15) is 0 Å². The lowest BCUT2D eigenvalue weighted by Crippen LogP contribution is -2.43. The van der Waals surface area contributed by atoms with E-state index < -0.39 is 0 Å². The number of amides is 1. The van der Waals surface area contributed by atoms with E-state index in [1.54, 1.807) is 0 Å². The van der Waals surface area contributed by atoms with Gasteiger partial charge in [-0.15, -0.1) is 0 Å². The van der Waals surface area contributed by atoms with Gasteiger partial charge in [0.05, 0.1) is 6.54 Å². The Morgan fingerprint density at radius 3 is 2.57 bits per heavy atom. The lowest BCUT2D eigenvalue weighted by atomic mass is 9.96. The molecule has 0 spiro atoms. The van der Waals surface area contributed by atoms with Crippen molar-refractivity contribution in [1.82, 2.24) is 16.0 Å². The summed E-state index contributed by atoms with van der Waals surface area (Å²) >= 11 is 2.06. The van der Waals surface area contributed by atoms with Gasteiger partial charge in [0.15, 0.2) is 5.96 Å². The summed E-state index contributed by atoms with van der Waals surface area (Å²) in [6.07, 6.45) is 3.71. The number of hydrogen-bond donors (Lipinski definition) is 3. The van der Waals surface area contributed by atoms with Gasteiger partial charge in [-0.2, -0.15) is 11.8 Å². The van der Waals surface area contributed by atoms with E-state index in [4.69, 9.17) is 0 Å². The maximum atomic E-state index is 11.8. The van der Waals surface area contributed by atoms with Crippen molar-refractivity contribution in [1.29, 1.82) is 0 Å². The Labute approximate surface area is 145 Å². The molecule has 0 bridgehead atoms. The summed E-state index contributed by atoms with van der Waals surface area (Å²) in [5.41, 5.74) is -0.345. The topological polar surface area (TPSA) is 65.5 Å². The fraction of sp³-hybridized carbons (Fsp3) is 0.882. The molecule has 5 nitrogen and oxygen atoms in total. The van der Waals surface area contributed by atoms with Crippen molar-refractivity contribution in [3.05, 3.63) is 0 Å². The van der Waals surface area contributed by atoms with Crippen LogP contribution in [0.5, 0.6) is 0 Å². The average molecular weight is 343 g/mol. The molecule has 0 aromatic rings. The number of carbonyl (C=O) groups excluding carboxylic acids is 1. The molecule has 0 radical (unpaired) electrons. The van der Waals surface area contributed by atoms with Gasteiger partial charge in [-0.1, -0.05) is 27.7 Å². The van der Waals surface area contributed by atoms with Crippen LogP contribution in [0.15, 0.2) is 4.99 Å². The average Bonchev–Trinajstić information content (AvgIpc) is 2.90. The summed E-state index contributed by atoms with van der Waals surface area (Å²) in [6.45, 7) is 12.1. The van der Waals surface area contributed by atoms with Crippen molar-refractivity contribution < 1.29 is 4.79 Å². The normalized spacial score (nSPS) is 22.0. The predicted molar refractivity (Wildman–Crippen MR) is 101 cm³/mol. The number of thioether (sulfide) groups is 1. The highest BCUT2D eigenvalue weighted by Gasteiger charge is 2.25. The molecule has 1 saturated carbocycles. The molecule has 0 heterocycles. The summed E-state index contributed by atoms with van der Waals surface area (Å²) in [5.74, 6) is 2.13. The Hall–Kier alpha value is -0.910. The SMILES string of the molecule is CCNC(=NCCNC(=O)C(C)(C)C)NC1CCC(SCC)C1. The van der Waals surface area contributed by atoms with Crippen LogP contribution in [0.3, 0.4) is 0 Å². The van der Waals surface area contributed by atoms with Crippen LogP contribution in [0.4, 0.5) is 0 Å². The second-order valence-corrected chi connectivity index (χ2v) is 8.58. The van der Waals surface area contributed by atoms with Crippen molar-refractivity contribution in [2.75, 3.05) is 25.4 Å². The Bertz CT molecular complexity index is 393. The molecule has 1 rings (SSSR count). The van der Waals surface area contributed by atoms with Gasteiger partial charge in [-0.25, -0.2) is 0 Å². The van der Waals surface area contributed by atoms with Crippen LogP contribution in [0.1, 0.15) is 53.9 Å². The number of carbonyl (C=O) groups is 1. The molecule has 6 heteroatoms. The first-order valence-corrected chi connectivity index (χ1v) is 9.86. The molecule has 134 valence electrons. The molecule has 0 aliphatic heterocycles. The number of nitrogens with zero attached hydrogens (tertiary/aromatic N) is 1. The van der Waals surface area contributed by atoms with E-state index in [2.05, 4.69) is 46.6 Å². The summed E-state index contributed by atoms with van der Waals surface area (Å²) in [5, 5.41) is 10.5. The highest BCUT2D eigenvalue weighted by atomic mass is 32.2. The van der Waals surface area contributed by atoms with Crippen molar-refractivity contribution >= 4 is 23.6 Å². The standard InChI is InChI=1S/C17H34N4OS/c1-6-18-16(20-11-10-19-15(22)17(3,4)5)21-13-8-9-14(12-13)23-7-2/h13-14H,6-12H2,1-5H3,(H,19,22)(H2,18,20,21). The van der Waals surface area contributed by atoms with E-state index in [9.17, 15) is 4.79 Å². The first-order valence-electron chi connectivity index (χ1n) is 8.81. The molecule has 0 aromatic carbocycles. The van der Waals surface area contributed by atoms with Crippen LogP contribution >= 0.6 is 11.8 Å². The van der Waals surface area contributed by atoms with Crippen molar-refractivity contribution in [2.45, 2.75) is 65.2 Å². The second-order valence-electron chi connectivity index (χ2n) is 7.00. The Kier molecular flexibility index (Phi) is 8.81. The molecule has 1 aliphatic rings. The highest BCUT2D eigenvalue weighted by molar-refractivity contribution is 7.99. The molecular formula is C17H34N4OS. The Balaban J connectivity index is 2.37. The third kappa shape index (κ3) is 7.95. The van der Waals surface area contributed by atoms with Gasteiger partial charge in [0.25, 0.3) is 0 Å². The molecular weight excluding hydrogens is 308 g/mol. The van der Waals surface area contributed by atoms with Crippen LogP contribution in [-0.4, -0.2) is 48.5 Å². The van der Waals surface area contributed by atoms with Gasteiger partial charge in [0.2, 0.25) is 5.91 Å². The fourth-order valence-electron chi connectivity index (χ4n) is 2.57. The summed E-state index contributed by atoms with van der Waals surface area (Å²) < 4.78 is 0.